The molecule has 1 aromatic rings. The maximum atomic E-state index is 12.1. The number of amides is 1. The van der Waals surface area contributed by atoms with E-state index in [4.69, 9.17) is 5.73 Å². The SMILES string of the molecule is CCCCC(=O)N1CCc2ccc(C(C)N)cc2C1. The number of fused-ring (bicyclic) bond motifs is 1. The molecule has 0 aliphatic carbocycles. The Morgan fingerprint density at radius 3 is 2.89 bits per heavy atom. The normalized spacial score (nSPS) is 16.1. The fraction of sp³-hybridized carbons (Fsp3) is 0.562. The molecule has 0 radical (unpaired) electrons. The Balaban J connectivity index is 2.09. The smallest absolute Gasteiger partial charge is 0.222 e. The number of nitrogens with zero attached hydrogens (tertiary/aromatic N) is 1. The molecule has 0 saturated heterocycles. The van der Waals surface area contributed by atoms with Crippen molar-refractivity contribution in [3.8, 4) is 0 Å². The monoisotopic (exact) mass is 260 g/mol. The number of carbonyl (C=O) groups excluding carboxylic acids is 1. The number of carbonyl (C=O) groups is 1. The van der Waals surface area contributed by atoms with Gasteiger partial charge in [-0.15, -0.1) is 0 Å². The predicted molar refractivity (Wildman–Crippen MR) is 77.7 cm³/mol. The number of hydrogen-bond acceptors (Lipinski definition) is 2. The summed E-state index contributed by atoms with van der Waals surface area (Å²) in [6.07, 6.45) is 3.71. The highest BCUT2D eigenvalue weighted by atomic mass is 16.2. The van der Waals surface area contributed by atoms with E-state index < -0.39 is 0 Å². The van der Waals surface area contributed by atoms with Crippen LogP contribution in [-0.2, 0) is 17.8 Å². The highest BCUT2D eigenvalue weighted by Crippen LogP contribution is 2.23. The van der Waals surface area contributed by atoms with Gasteiger partial charge in [-0.05, 0) is 36.5 Å². The van der Waals surface area contributed by atoms with Crippen molar-refractivity contribution in [2.45, 2.75) is 52.1 Å². The Morgan fingerprint density at radius 2 is 2.21 bits per heavy atom. The van der Waals surface area contributed by atoms with Crippen LogP contribution in [0.25, 0.3) is 0 Å². The minimum Gasteiger partial charge on any atom is -0.338 e. The molecule has 1 heterocycles. The molecule has 3 heteroatoms. The van der Waals surface area contributed by atoms with E-state index in [1.54, 1.807) is 0 Å². The molecule has 1 amide bonds. The predicted octanol–water partition coefficient (Wildman–Crippen LogP) is 2.78. The first kappa shape index (κ1) is 14.1. The molecule has 19 heavy (non-hydrogen) atoms. The van der Waals surface area contributed by atoms with Crippen LogP contribution >= 0.6 is 0 Å². The first-order valence-corrected chi connectivity index (χ1v) is 7.27. The van der Waals surface area contributed by atoms with Gasteiger partial charge >= 0.3 is 0 Å². The lowest BCUT2D eigenvalue weighted by Gasteiger charge is -2.29. The van der Waals surface area contributed by atoms with E-state index in [9.17, 15) is 4.79 Å². The largest absolute Gasteiger partial charge is 0.338 e. The van der Waals surface area contributed by atoms with Gasteiger partial charge in [0.2, 0.25) is 5.91 Å². The second kappa shape index (κ2) is 6.20. The molecule has 0 saturated carbocycles. The highest BCUT2D eigenvalue weighted by molar-refractivity contribution is 5.76. The van der Waals surface area contributed by atoms with Crippen LogP contribution in [0.2, 0.25) is 0 Å². The number of benzene rings is 1. The zero-order valence-electron chi connectivity index (χ0n) is 12.0. The van der Waals surface area contributed by atoms with E-state index in [1.807, 2.05) is 11.8 Å². The third-order valence-electron chi connectivity index (χ3n) is 3.87. The summed E-state index contributed by atoms with van der Waals surface area (Å²) in [6.45, 7) is 5.72. The van der Waals surface area contributed by atoms with Crippen molar-refractivity contribution >= 4 is 5.91 Å². The lowest BCUT2D eigenvalue weighted by atomic mass is 9.95. The minimum absolute atomic E-state index is 0.0523. The van der Waals surface area contributed by atoms with Crippen molar-refractivity contribution in [3.63, 3.8) is 0 Å². The Labute approximate surface area is 115 Å². The van der Waals surface area contributed by atoms with E-state index in [0.29, 0.717) is 12.3 Å². The van der Waals surface area contributed by atoms with E-state index in [0.717, 1.165) is 37.9 Å². The lowest BCUT2D eigenvalue weighted by molar-refractivity contribution is -0.132. The van der Waals surface area contributed by atoms with Crippen molar-refractivity contribution < 1.29 is 4.79 Å². The molecular formula is C16H24N2O. The van der Waals surface area contributed by atoms with Crippen molar-refractivity contribution in [2.75, 3.05) is 6.54 Å². The van der Waals surface area contributed by atoms with Gasteiger partial charge in [-0.25, -0.2) is 0 Å². The van der Waals surface area contributed by atoms with Crippen molar-refractivity contribution in [1.29, 1.82) is 0 Å². The number of rotatable bonds is 4. The molecule has 2 N–H and O–H groups in total. The molecule has 104 valence electrons. The fourth-order valence-corrected chi connectivity index (χ4v) is 2.56. The number of nitrogens with two attached hydrogens (primary N) is 1. The standard InChI is InChI=1S/C16H24N2O/c1-3-4-5-16(19)18-9-8-13-6-7-14(12(2)17)10-15(13)11-18/h6-7,10,12H,3-5,8-9,11,17H2,1-2H3. The van der Waals surface area contributed by atoms with Crippen molar-refractivity contribution in [2.24, 2.45) is 5.73 Å². The fourth-order valence-electron chi connectivity index (χ4n) is 2.56. The summed E-state index contributed by atoms with van der Waals surface area (Å²) >= 11 is 0. The summed E-state index contributed by atoms with van der Waals surface area (Å²) in [7, 11) is 0. The summed E-state index contributed by atoms with van der Waals surface area (Å²) in [5, 5.41) is 0. The molecule has 0 aromatic heterocycles. The molecule has 1 aromatic carbocycles. The Hall–Kier alpha value is -1.35. The molecule has 3 nitrogen and oxygen atoms in total. The molecule has 0 spiro atoms. The van der Waals surface area contributed by atoms with Gasteiger partial charge < -0.3 is 10.6 Å². The van der Waals surface area contributed by atoms with Gasteiger partial charge in [0.1, 0.15) is 0 Å². The first-order chi connectivity index (χ1) is 9.11. The van der Waals surface area contributed by atoms with E-state index >= 15 is 0 Å². The van der Waals surface area contributed by atoms with Gasteiger partial charge in [0.25, 0.3) is 0 Å². The molecular weight excluding hydrogens is 236 g/mol. The van der Waals surface area contributed by atoms with Gasteiger partial charge in [-0.3, -0.25) is 4.79 Å². The van der Waals surface area contributed by atoms with Crippen LogP contribution in [0.4, 0.5) is 0 Å². The van der Waals surface area contributed by atoms with Crippen molar-refractivity contribution in [3.05, 3.63) is 34.9 Å². The number of hydrogen-bond donors (Lipinski definition) is 1. The Bertz CT molecular complexity index is 454. The maximum Gasteiger partial charge on any atom is 0.222 e. The molecule has 1 unspecified atom stereocenters. The molecule has 1 aliphatic rings. The zero-order valence-corrected chi connectivity index (χ0v) is 12.0. The van der Waals surface area contributed by atoms with Gasteiger partial charge in [-0.2, -0.15) is 0 Å². The van der Waals surface area contributed by atoms with E-state index in [2.05, 4.69) is 25.1 Å². The first-order valence-electron chi connectivity index (χ1n) is 7.27. The van der Waals surface area contributed by atoms with Crippen LogP contribution in [0.5, 0.6) is 0 Å². The summed E-state index contributed by atoms with van der Waals surface area (Å²) in [4.78, 5) is 14.1. The van der Waals surface area contributed by atoms with Crippen molar-refractivity contribution in [1.82, 2.24) is 4.90 Å². The maximum absolute atomic E-state index is 12.1. The van der Waals surface area contributed by atoms with Gasteiger partial charge in [0.15, 0.2) is 0 Å². The quantitative estimate of drug-likeness (QED) is 0.905. The zero-order chi connectivity index (χ0) is 13.8. The third-order valence-corrected chi connectivity index (χ3v) is 3.87. The van der Waals surface area contributed by atoms with Crippen LogP contribution in [0, 0.1) is 0 Å². The Morgan fingerprint density at radius 1 is 1.42 bits per heavy atom. The topological polar surface area (TPSA) is 46.3 Å². The average molecular weight is 260 g/mol. The highest BCUT2D eigenvalue weighted by Gasteiger charge is 2.20. The summed E-state index contributed by atoms with van der Waals surface area (Å²) in [5.41, 5.74) is 9.71. The summed E-state index contributed by atoms with van der Waals surface area (Å²) in [6, 6.07) is 6.50. The average Bonchev–Trinajstić information content (AvgIpc) is 2.43. The van der Waals surface area contributed by atoms with Gasteiger partial charge in [0, 0.05) is 25.6 Å². The van der Waals surface area contributed by atoms with Crippen LogP contribution in [0.1, 0.15) is 55.8 Å². The summed E-state index contributed by atoms with van der Waals surface area (Å²) in [5.74, 6) is 0.290. The van der Waals surface area contributed by atoms with E-state index in [1.165, 1.54) is 11.1 Å². The molecule has 0 fully saturated rings. The molecule has 1 atom stereocenters. The molecule has 2 rings (SSSR count). The van der Waals surface area contributed by atoms with Crippen LogP contribution in [0.15, 0.2) is 18.2 Å². The van der Waals surface area contributed by atoms with E-state index in [-0.39, 0.29) is 6.04 Å². The molecule has 0 bridgehead atoms. The van der Waals surface area contributed by atoms with Gasteiger partial charge in [0.05, 0.1) is 0 Å². The molecule has 1 aliphatic heterocycles. The summed E-state index contributed by atoms with van der Waals surface area (Å²) < 4.78 is 0. The third kappa shape index (κ3) is 3.35. The number of unbranched alkanes of at least 4 members (excludes halogenated alkanes) is 1. The van der Waals surface area contributed by atoms with Crippen LogP contribution in [-0.4, -0.2) is 17.4 Å². The lowest BCUT2D eigenvalue weighted by Crippen LogP contribution is -2.35. The van der Waals surface area contributed by atoms with Crippen LogP contribution in [0.3, 0.4) is 0 Å². The second-order valence-corrected chi connectivity index (χ2v) is 5.49. The van der Waals surface area contributed by atoms with Crippen LogP contribution < -0.4 is 5.73 Å². The van der Waals surface area contributed by atoms with Gasteiger partial charge in [-0.1, -0.05) is 31.5 Å². The minimum atomic E-state index is 0.0523. The Kier molecular flexibility index (Phi) is 4.59. The second-order valence-electron chi connectivity index (χ2n) is 5.49.